The Labute approximate surface area is 218 Å². The second-order valence-corrected chi connectivity index (χ2v) is 9.59. The van der Waals surface area contributed by atoms with Crippen molar-refractivity contribution in [2.75, 3.05) is 18.5 Å². The van der Waals surface area contributed by atoms with Crippen LogP contribution in [0.2, 0.25) is 5.02 Å². The number of hydrogen-bond acceptors (Lipinski definition) is 5. The Kier molecular flexibility index (Phi) is 6.32. The highest BCUT2D eigenvalue weighted by Gasteiger charge is 2.19. The van der Waals surface area contributed by atoms with E-state index in [0.717, 1.165) is 52.2 Å². The average Bonchev–Trinajstić information content (AvgIpc) is 2.90. The van der Waals surface area contributed by atoms with Gasteiger partial charge in [0.2, 0.25) is 0 Å². The second-order valence-electron chi connectivity index (χ2n) is 9.15. The standard InChI is InChI=1S/C29H25ClFN5O/c1-18-23(3-2-12-32-18)34-24-16-27-29(17-25(24)33-21-10-13-37-14-11-21)36(22-7-4-19(30)5-8-22)28-9-6-20(31)15-26(28)35-27/h2-9,12,15-17,21,34H,10-11,13-14H2,1H3/b33-25+. The van der Waals surface area contributed by atoms with Crippen LogP contribution >= 0.6 is 11.6 Å². The largest absolute Gasteiger partial charge is 0.381 e. The van der Waals surface area contributed by atoms with E-state index in [0.29, 0.717) is 29.4 Å². The van der Waals surface area contributed by atoms with Gasteiger partial charge in [0.1, 0.15) is 5.82 Å². The maximum absolute atomic E-state index is 14.2. The molecule has 6 rings (SSSR count). The summed E-state index contributed by atoms with van der Waals surface area (Å²) in [6.45, 7) is 3.37. The third kappa shape index (κ3) is 4.80. The number of anilines is 2. The van der Waals surface area contributed by atoms with Gasteiger partial charge in [-0.2, -0.15) is 0 Å². The molecule has 2 aromatic carbocycles. The molecule has 37 heavy (non-hydrogen) atoms. The number of halogens is 2. The number of nitrogens with one attached hydrogen (secondary N) is 1. The number of fused-ring (bicyclic) bond motifs is 2. The van der Waals surface area contributed by atoms with Gasteiger partial charge in [-0.1, -0.05) is 11.6 Å². The molecule has 1 saturated heterocycles. The van der Waals surface area contributed by atoms with E-state index in [2.05, 4.69) is 20.9 Å². The lowest BCUT2D eigenvalue weighted by Gasteiger charge is -2.22. The highest BCUT2D eigenvalue weighted by molar-refractivity contribution is 6.30. The quantitative estimate of drug-likeness (QED) is 0.280. The number of aromatic nitrogens is 3. The molecule has 0 bridgehead atoms. The van der Waals surface area contributed by atoms with E-state index in [-0.39, 0.29) is 11.9 Å². The van der Waals surface area contributed by atoms with Gasteiger partial charge in [-0.3, -0.25) is 9.98 Å². The van der Waals surface area contributed by atoms with E-state index >= 15 is 0 Å². The van der Waals surface area contributed by atoms with Gasteiger partial charge >= 0.3 is 0 Å². The molecule has 8 heteroatoms. The van der Waals surface area contributed by atoms with Crippen molar-refractivity contribution >= 4 is 34.0 Å². The van der Waals surface area contributed by atoms with Crippen LogP contribution in [0.25, 0.3) is 28.1 Å². The molecule has 3 heterocycles. The molecule has 3 aromatic rings. The first-order chi connectivity index (χ1) is 18.0. The van der Waals surface area contributed by atoms with Crippen molar-refractivity contribution in [2.24, 2.45) is 4.99 Å². The minimum Gasteiger partial charge on any atom is -0.381 e. The maximum Gasteiger partial charge on any atom is 0.125 e. The van der Waals surface area contributed by atoms with Gasteiger partial charge in [0.05, 0.1) is 50.9 Å². The SMILES string of the molecule is Cc1ncccc1Nc1cc2nc3cc(F)ccc3n(-c3ccc(Cl)cc3)c-2c/c1=N\C1CCOCC1. The van der Waals surface area contributed by atoms with Gasteiger partial charge in [0.15, 0.2) is 0 Å². The van der Waals surface area contributed by atoms with Crippen LogP contribution < -0.4 is 10.7 Å². The highest BCUT2D eigenvalue weighted by Crippen LogP contribution is 2.31. The number of nitrogens with zero attached hydrogens (tertiary/aromatic N) is 4. The zero-order valence-electron chi connectivity index (χ0n) is 20.3. The summed E-state index contributed by atoms with van der Waals surface area (Å²) in [7, 11) is 0. The van der Waals surface area contributed by atoms with Gasteiger partial charge in [-0.25, -0.2) is 9.37 Å². The summed E-state index contributed by atoms with van der Waals surface area (Å²) in [5, 5.41) is 4.99. The lowest BCUT2D eigenvalue weighted by atomic mass is 10.1. The lowest BCUT2D eigenvalue weighted by molar-refractivity contribution is 0.0864. The molecule has 0 saturated carbocycles. The van der Waals surface area contributed by atoms with Crippen molar-refractivity contribution in [3.8, 4) is 17.1 Å². The molecule has 6 nitrogen and oxygen atoms in total. The second kappa shape index (κ2) is 9.92. The Morgan fingerprint density at radius 3 is 2.62 bits per heavy atom. The number of benzene rings is 3. The first kappa shape index (κ1) is 23.6. The fraction of sp³-hybridized carbons (Fsp3) is 0.207. The highest BCUT2D eigenvalue weighted by atomic mass is 35.5. The van der Waals surface area contributed by atoms with Crippen LogP contribution in [0.5, 0.6) is 0 Å². The van der Waals surface area contributed by atoms with Crippen LogP contribution in [0, 0.1) is 12.7 Å². The summed E-state index contributed by atoms with van der Waals surface area (Å²) < 4.78 is 21.9. The van der Waals surface area contributed by atoms with Gasteiger partial charge in [-0.15, -0.1) is 0 Å². The fourth-order valence-electron chi connectivity index (χ4n) is 4.72. The first-order valence-corrected chi connectivity index (χ1v) is 12.7. The van der Waals surface area contributed by atoms with E-state index in [9.17, 15) is 4.39 Å². The van der Waals surface area contributed by atoms with E-state index in [1.807, 2.05) is 49.4 Å². The smallest absolute Gasteiger partial charge is 0.125 e. The number of hydrogen-bond donors (Lipinski definition) is 1. The molecule has 0 spiro atoms. The Bertz CT molecular complexity index is 1630. The van der Waals surface area contributed by atoms with Gasteiger partial charge in [-0.05, 0) is 80.4 Å². The molecule has 186 valence electrons. The molecule has 1 aromatic heterocycles. The molecular weight excluding hydrogens is 489 g/mol. The van der Waals surface area contributed by atoms with Crippen LogP contribution in [0.4, 0.5) is 15.8 Å². The monoisotopic (exact) mass is 513 g/mol. The van der Waals surface area contributed by atoms with Crippen LogP contribution in [-0.2, 0) is 4.74 Å². The molecule has 1 N–H and O–H groups in total. The summed E-state index contributed by atoms with van der Waals surface area (Å²) in [5.41, 5.74) is 6.41. The minimum atomic E-state index is -0.336. The Hall–Kier alpha value is -3.81. The van der Waals surface area contributed by atoms with Crippen molar-refractivity contribution in [2.45, 2.75) is 25.8 Å². The number of rotatable bonds is 4. The molecule has 0 unspecified atom stereocenters. The summed E-state index contributed by atoms with van der Waals surface area (Å²) in [6, 6.07) is 20.3. The Morgan fingerprint density at radius 1 is 1.03 bits per heavy atom. The Balaban J connectivity index is 1.64. The molecule has 1 fully saturated rings. The first-order valence-electron chi connectivity index (χ1n) is 12.3. The summed E-state index contributed by atoms with van der Waals surface area (Å²) in [6.07, 6.45) is 3.51. The van der Waals surface area contributed by atoms with Crippen molar-refractivity contribution < 1.29 is 9.13 Å². The third-order valence-corrected chi connectivity index (χ3v) is 6.88. The predicted molar refractivity (Wildman–Crippen MR) is 144 cm³/mol. The summed E-state index contributed by atoms with van der Waals surface area (Å²) in [4.78, 5) is 14.4. The summed E-state index contributed by atoms with van der Waals surface area (Å²) in [5.74, 6) is -0.336. The lowest BCUT2D eigenvalue weighted by Crippen LogP contribution is -2.23. The zero-order chi connectivity index (χ0) is 25.4. The summed E-state index contributed by atoms with van der Waals surface area (Å²) >= 11 is 6.19. The van der Waals surface area contributed by atoms with Crippen LogP contribution in [0.1, 0.15) is 18.5 Å². The van der Waals surface area contributed by atoms with Crippen LogP contribution in [0.3, 0.4) is 0 Å². The minimum absolute atomic E-state index is 0.160. The molecular formula is C29H25ClFN5O. The molecule has 2 aliphatic heterocycles. The normalized spacial score (nSPS) is 14.9. The Morgan fingerprint density at radius 2 is 1.84 bits per heavy atom. The molecule has 0 radical (unpaired) electrons. The van der Waals surface area contributed by atoms with E-state index in [1.165, 1.54) is 12.1 Å². The number of pyridine rings is 1. The molecule has 0 amide bonds. The number of aryl methyl sites for hydroxylation is 1. The predicted octanol–water partition coefficient (Wildman–Crippen LogP) is 6.45. The van der Waals surface area contributed by atoms with Gasteiger partial charge in [0.25, 0.3) is 0 Å². The average molecular weight is 514 g/mol. The topological polar surface area (TPSA) is 64.3 Å². The fourth-order valence-corrected chi connectivity index (χ4v) is 4.84. The maximum atomic E-state index is 14.2. The zero-order valence-corrected chi connectivity index (χ0v) is 21.0. The van der Waals surface area contributed by atoms with Crippen molar-refractivity contribution in [3.05, 3.63) is 94.8 Å². The third-order valence-electron chi connectivity index (χ3n) is 6.63. The molecule has 1 aliphatic carbocycles. The van der Waals surface area contributed by atoms with Crippen molar-refractivity contribution in [1.29, 1.82) is 0 Å². The van der Waals surface area contributed by atoms with Gasteiger partial charge < -0.3 is 14.6 Å². The van der Waals surface area contributed by atoms with Crippen molar-refractivity contribution in [3.63, 3.8) is 0 Å². The van der Waals surface area contributed by atoms with Gasteiger partial charge in [0, 0.05) is 36.2 Å². The van der Waals surface area contributed by atoms with Crippen LogP contribution in [0.15, 0.2) is 77.9 Å². The van der Waals surface area contributed by atoms with E-state index in [4.69, 9.17) is 26.3 Å². The van der Waals surface area contributed by atoms with Crippen LogP contribution in [-0.4, -0.2) is 33.8 Å². The van der Waals surface area contributed by atoms with E-state index in [1.54, 1.807) is 12.3 Å². The number of ether oxygens (including phenoxy) is 1. The van der Waals surface area contributed by atoms with Crippen molar-refractivity contribution in [1.82, 2.24) is 14.5 Å². The molecule has 0 atom stereocenters. The molecule has 3 aliphatic rings. The van der Waals surface area contributed by atoms with E-state index < -0.39 is 0 Å².